The number of hydrogen-bond donors (Lipinski definition) is 1. The molecule has 0 bridgehead atoms. The minimum absolute atomic E-state index is 0.148. The zero-order valence-corrected chi connectivity index (χ0v) is 16.0. The number of nitrogens with zero attached hydrogens (tertiary/aromatic N) is 3. The Morgan fingerprint density at radius 1 is 1.21 bits per heavy atom. The van der Waals surface area contributed by atoms with Crippen LogP contribution in [0.1, 0.15) is 18.9 Å². The first kappa shape index (κ1) is 19.8. The summed E-state index contributed by atoms with van der Waals surface area (Å²) in [6.45, 7) is 5.82. The van der Waals surface area contributed by atoms with Gasteiger partial charge in [0, 0.05) is 38.6 Å². The van der Waals surface area contributed by atoms with E-state index in [1.807, 2.05) is 17.2 Å². The molecule has 4 rings (SSSR count). The summed E-state index contributed by atoms with van der Waals surface area (Å²) >= 11 is 0. The van der Waals surface area contributed by atoms with Gasteiger partial charge in [-0.25, -0.2) is 4.79 Å². The van der Waals surface area contributed by atoms with Crippen LogP contribution in [0.25, 0.3) is 11.1 Å². The fourth-order valence-corrected chi connectivity index (χ4v) is 3.88. The van der Waals surface area contributed by atoms with Gasteiger partial charge in [0.1, 0.15) is 6.61 Å². The molecule has 1 N–H and O–H groups in total. The predicted octanol–water partition coefficient (Wildman–Crippen LogP) is 2.87. The van der Waals surface area contributed by atoms with Crippen molar-refractivity contribution >= 4 is 12.6 Å². The van der Waals surface area contributed by atoms with Gasteiger partial charge in [-0.3, -0.25) is 19.6 Å². The third kappa shape index (κ3) is 4.14. The predicted molar refractivity (Wildman–Crippen MR) is 105 cm³/mol. The van der Waals surface area contributed by atoms with Gasteiger partial charge in [0.15, 0.2) is 0 Å². The molecule has 1 amide bonds. The Balaban J connectivity index is 0.000000706. The summed E-state index contributed by atoms with van der Waals surface area (Å²) in [4.78, 5) is 28.8. The maximum absolute atomic E-state index is 11.9. The molecule has 7 nitrogen and oxygen atoms in total. The van der Waals surface area contributed by atoms with Gasteiger partial charge < -0.3 is 9.84 Å². The van der Waals surface area contributed by atoms with Crippen LogP contribution >= 0.6 is 0 Å². The van der Waals surface area contributed by atoms with Gasteiger partial charge in [0.2, 0.25) is 0 Å². The fourth-order valence-electron chi connectivity index (χ4n) is 3.88. The van der Waals surface area contributed by atoms with Crippen molar-refractivity contribution in [1.82, 2.24) is 14.8 Å². The van der Waals surface area contributed by atoms with Gasteiger partial charge in [0.05, 0.1) is 5.54 Å². The molecule has 148 valence electrons. The lowest BCUT2D eigenvalue weighted by molar-refractivity contribution is -0.122. The van der Waals surface area contributed by atoms with Crippen molar-refractivity contribution in [1.29, 1.82) is 0 Å². The van der Waals surface area contributed by atoms with Crippen LogP contribution in [-0.4, -0.2) is 64.2 Å². The third-order valence-corrected chi connectivity index (χ3v) is 5.43. The lowest BCUT2D eigenvalue weighted by Gasteiger charge is -2.44. The summed E-state index contributed by atoms with van der Waals surface area (Å²) in [6, 6.07) is 12.7. The number of carbonyl (C=O) groups excluding carboxylic acids is 1. The van der Waals surface area contributed by atoms with Crippen molar-refractivity contribution < 1.29 is 19.4 Å². The standard InChI is InChI=1S/C20H23N3O2.CH2O2/c1-2-20-14-22(10-11-23(20)19(24)25-15-20)13-16-5-7-17(8-6-16)18-4-3-9-21-12-18;2-1-3/h3-9,12H,2,10-11,13-15H2,1H3;1H,(H,2,3). The number of fused-ring (bicyclic) bond motifs is 1. The zero-order chi connectivity index (χ0) is 20.0. The third-order valence-electron chi connectivity index (χ3n) is 5.43. The highest BCUT2D eigenvalue weighted by atomic mass is 16.6. The van der Waals surface area contributed by atoms with Gasteiger partial charge in [-0.2, -0.15) is 0 Å². The molecule has 0 aliphatic carbocycles. The monoisotopic (exact) mass is 383 g/mol. The van der Waals surface area contributed by atoms with Gasteiger partial charge in [0.25, 0.3) is 6.47 Å². The number of pyridine rings is 1. The van der Waals surface area contributed by atoms with E-state index in [-0.39, 0.29) is 18.1 Å². The minimum Gasteiger partial charge on any atom is -0.483 e. The van der Waals surface area contributed by atoms with Crippen LogP contribution in [0.15, 0.2) is 48.8 Å². The topological polar surface area (TPSA) is 83.0 Å². The number of benzene rings is 1. The molecular weight excluding hydrogens is 358 g/mol. The first-order chi connectivity index (χ1) is 13.6. The first-order valence-corrected chi connectivity index (χ1v) is 9.36. The van der Waals surface area contributed by atoms with E-state index in [0.29, 0.717) is 6.61 Å². The molecule has 0 saturated carbocycles. The van der Waals surface area contributed by atoms with Crippen molar-refractivity contribution in [2.75, 3.05) is 26.2 Å². The summed E-state index contributed by atoms with van der Waals surface area (Å²) in [5, 5.41) is 6.89. The van der Waals surface area contributed by atoms with Crippen molar-refractivity contribution in [3.05, 3.63) is 54.4 Å². The number of carbonyl (C=O) groups is 2. The minimum atomic E-state index is -0.250. The highest BCUT2D eigenvalue weighted by Crippen LogP contribution is 2.32. The summed E-state index contributed by atoms with van der Waals surface area (Å²) < 4.78 is 5.31. The van der Waals surface area contributed by atoms with Gasteiger partial charge in [-0.1, -0.05) is 37.3 Å². The van der Waals surface area contributed by atoms with Crippen molar-refractivity contribution in [3.8, 4) is 11.1 Å². The van der Waals surface area contributed by atoms with Gasteiger partial charge in [-0.05, 0) is 29.2 Å². The summed E-state index contributed by atoms with van der Waals surface area (Å²) in [5.74, 6) is 0. The fraction of sp³-hybridized carbons (Fsp3) is 0.381. The molecule has 2 aliphatic rings. The Morgan fingerprint density at radius 2 is 1.96 bits per heavy atom. The van der Waals surface area contributed by atoms with Crippen LogP contribution in [-0.2, 0) is 16.1 Å². The number of piperazine rings is 1. The van der Waals surface area contributed by atoms with E-state index in [1.165, 1.54) is 11.1 Å². The average Bonchev–Trinajstić information content (AvgIpc) is 3.06. The number of hydrogen-bond acceptors (Lipinski definition) is 5. The van der Waals surface area contributed by atoms with Crippen molar-refractivity contribution in [3.63, 3.8) is 0 Å². The molecule has 1 atom stereocenters. The number of aromatic nitrogens is 1. The molecule has 1 aromatic heterocycles. The highest BCUT2D eigenvalue weighted by molar-refractivity contribution is 5.71. The van der Waals surface area contributed by atoms with E-state index in [9.17, 15) is 4.79 Å². The molecule has 2 aliphatic heterocycles. The number of rotatable bonds is 4. The van der Waals surface area contributed by atoms with Crippen LogP contribution in [0.5, 0.6) is 0 Å². The molecule has 2 fully saturated rings. The molecular formula is C21H25N3O4. The van der Waals surface area contributed by atoms with Gasteiger partial charge >= 0.3 is 6.09 Å². The quantitative estimate of drug-likeness (QED) is 0.818. The summed E-state index contributed by atoms with van der Waals surface area (Å²) in [5.41, 5.74) is 3.46. The number of ether oxygens (including phenoxy) is 1. The van der Waals surface area contributed by atoms with Crippen LogP contribution in [0.4, 0.5) is 4.79 Å². The second-order valence-electron chi connectivity index (χ2n) is 7.04. The van der Waals surface area contributed by atoms with Crippen LogP contribution in [0, 0.1) is 0 Å². The SMILES string of the molecule is CCC12COC(=O)N1CCN(Cc1ccc(-c3cccnc3)cc1)C2.O=CO. The molecule has 0 spiro atoms. The lowest BCUT2D eigenvalue weighted by atomic mass is 9.92. The largest absolute Gasteiger partial charge is 0.483 e. The normalized spacial score (nSPS) is 21.3. The lowest BCUT2D eigenvalue weighted by Crippen LogP contribution is -2.60. The molecule has 1 unspecified atom stereocenters. The summed E-state index contributed by atoms with van der Waals surface area (Å²) in [7, 11) is 0. The Morgan fingerprint density at radius 3 is 2.61 bits per heavy atom. The smallest absolute Gasteiger partial charge is 0.410 e. The van der Waals surface area contributed by atoms with E-state index in [4.69, 9.17) is 14.6 Å². The zero-order valence-electron chi connectivity index (χ0n) is 16.0. The van der Waals surface area contributed by atoms with Crippen LogP contribution in [0.2, 0.25) is 0 Å². The summed E-state index contributed by atoms with van der Waals surface area (Å²) in [6.07, 6.45) is 4.45. The Labute approximate surface area is 164 Å². The maximum atomic E-state index is 11.9. The van der Waals surface area contributed by atoms with E-state index >= 15 is 0 Å². The molecule has 0 radical (unpaired) electrons. The molecule has 2 saturated heterocycles. The van der Waals surface area contributed by atoms with Crippen molar-refractivity contribution in [2.45, 2.75) is 25.4 Å². The molecule has 2 aromatic rings. The van der Waals surface area contributed by atoms with E-state index in [2.05, 4.69) is 47.1 Å². The van der Waals surface area contributed by atoms with E-state index < -0.39 is 0 Å². The van der Waals surface area contributed by atoms with Crippen LogP contribution < -0.4 is 0 Å². The van der Waals surface area contributed by atoms with Crippen LogP contribution in [0.3, 0.4) is 0 Å². The Kier molecular flexibility index (Phi) is 6.26. The Bertz CT molecular complexity index is 797. The molecule has 3 heterocycles. The number of cyclic esters (lactones) is 1. The number of amides is 1. The molecule has 28 heavy (non-hydrogen) atoms. The number of carboxylic acid groups (broad SMARTS) is 1. The van der Waals surface area contributed by atoms with E-state index in [0.717, 1.165) is 38.2 Å². The van der Waals surface area contributed by atoms with Gasteiger partial charge in [-0.15, -0.1) is 0 Å². The average molecular weight is 383 g/mol. The molecule has 7 heteroatoms. The van der Waals surface area contributed by atoms with Crippen molar-refractivity contribution in [2.24, 2.45) is 0 Å². The first-order valence-electron chi connectivity index (χ1n) is 9.36. The second-order valence-corrected chi connectivity index (χ2v) is 7.04. The van der Waals surface area contributed by atoms with E-state index in [1.54, 1.807) is 6.20 Å². The maximum Gasteiger partial charge on any atom is 0.410 e. The molecule has 1 aromatic carbocycles. The second kappa shape index (κ2) is 8.84. The Hall–Kier alpha value is -2.93. The highest BCUT2D eigenvalue weighted by Gasteiger charge is 2.49.